The summed E-state index contributed by atoms with van der Waals surface area (Å²) in [6.07, 6.45) is 1.75. The van der Waals surface area contributed by atoms with Crippen LogP contribution in [0.3, 0.4) is 0 Å². The van der Waals surface area contributed by atoms with Crippen LogP contribution in [0.5, 0.6) is 0 Å². The molecule has 1 amide bonds. The predicted molar refractivity (Wildman–Crippen MR) is 108 cm³/mol. The van der Waals surface area contributed by atoms with Crippen LogP contribution in [0.1, 0.15) is 28.9 Å². The van der Waals surface area contributed by atoms with Crippen molar-refractivity contribution in [3.05, 3.63) is 59.4 Å². The van der Waals surface area contributed by atoms with Crippen molar-refractivity contribution in [2.45, 2.75) is 26.1 Å². The van der Waals surface area contributed by atoms with Gasteiger partial charge in [0.05, 0.1) is 25.8 Å². The first-order chi connectivity index (χ1) is 14.6. The minimum absolute atomic E-state index is 0.0617. The summed E-state index contributed by atoms with van der Waals surface area (Å²) in [5, 5.41) is 12.3. The molecule has 158 valence electrons. The lowest BCUT2D eigenvalue weighted by atomic mass is 10.0. The Hall–Kier alpha value is -3.11. The van der Waals surface area contributed by atoms with Crippen molar-refractivity contribution in [2.75, 3.05) is 33.4 Å². The number of tetrazole rings is 1. The Morgan fingerprint density at radius 2 is 2.03 bits per heavy atom. The number of imidazole rings is 1. The molecule has 3 heterocycles. The lowest BCUT2D eigenvalue weighted by molar-refractivity contribution is -0.131. The zero-order valence-electron chi connectivity index (χ0n) is 17.2. The molecule has 0 bridgehead atoms. The van der Waals surface area contributed by atoms with Crippen molar-refractivity contribution in [1.82, 2.24) is 40.0 Å². The molecule has 10 nitrogen and oxygen atoms in total. The fourth-order valence-corrected chi connectivity index (χ4v) is 3.62. The minimum atomic E-state index is -0.143. The molecular formula is C20H26N8O2. The summed E-state index contributed by atoms with van der Waals surface area (Å²) in [4.78, 5) is 24.2. The number of carbonyl (C=O) groups excluding carboxylic acids is 1. The average molecular weight is 410 g/mol. The number of hydrogen-bond acceptors (Lipinski definition) is 7. The van der Waals surface area contributed by atoms with Crippen molar-refractivity contribution >= 4 is 5.91 Å². The molecule has 0 radical (unpaired) electrons. The summed E-state index contributed by atoms with van der Waals surface area (Å²) in [6, 6.07) is 9.97. The van der Waals surface area contributed by atoms with Gasteiger partial charge in [0.25, 0.3) is 0 Å². The van der Waals surface area contributed by atoms with Gasteiger partial charge in [-0.05, 0) is 22.9 Å². The van der Waals surface area contributed by atoms with Crippen molar-refractivity contribution < 1.29 is 9.53 Å². The molecule has 10 heteroatoms. The van der Waals surface area contributed by atoms with Gasteiger partial charge < -0.3 is 14.6 Å². The zero-order chi connectivity index (χ0) is 20.9. The number of likely N-dealkylation sites (N-methyl/N-ethyl adjacent to an activating group) is 1. The number of ether oxygens (including phenoxy) is 1. The summed E-state index contributed by atoms with van der Waals surface area (Å²) in [5.41, 5.74) is 2.05. The molecule has 0 spiro atoms. The number of aromatic nitrogens is 6. The number of nitrogens with one attached hydrogen (secondary N) is 1. The van der Waals surface area contributed by atoms with Gasteiger partial charge in [0.15, 0.2) is 5.82 Å². The first-order valence-electron chi connectivity index (χ1n) is 9.99. The van der Waals surface area contributed by atoms with E-state index in [1.807, 2.05) is 25.1 Å². The Balaban J connectivity index is 1.54. The van der Waals surface area contributed by atoms with Crippen molar-refractivity contribution in [3.8, 4) is 0 Å². The molecule has 0 aliphatic carbocycles. The van der Waals surface area contributed by atoms with Crippen molar-refractivity contribution in [1.29, 1.82) is 0 Å². The van der Waals surface area contributed by atoms with Crippen LogP contribution in [0.2, 0.25) is 0 Å². The average Bonchev–Trinajstić information content (AvgIpc) is 3.38. The molecule has 1 fully saturated rings. The molecule has 4 rings (SSSR count). The SMILES string of the molecule is Cc1cnc(CN(C)C(=O)Cn2nnnc2[C@H](c2ccccc2)N2CCOCC2)[nH]1. The maximum atomic E-state index is 12.8. The van der Waals surface area contributed by atoms with Gasteiger partial charge in [-0.3, -0.25) is 9.69 Å². The van der Waals surface area contributed by atoms with Crippen molar-refractivity contribution in [3.63, 3.8) is 0 Å². The number of aromatic amines is 1. The van der Waals surface area contributed by atoms with Gasteiger partial charge >= 0.3 is 0 Å². The smallest absolute Gasteiger partial charge is 0.244 e. The molecule has 1 aliphatic heterocycles. The molecule has 0 unspecified atom stereocenters. The van der Waals surface area contributed by atoms with E-state index in [9.17, 15) is 4.79 Å². The summed E-state index contributed by atoms with van der Waals surface area (Å²) < 4.78 is 7.11. The highest BCUT2D eigenvalue weighted by atomic mass is 16.5. The summed E-state index contributed by atoms with van der Waals surface area (Å²) in [6.45, 7) is 5.27. The lowest BCUT2D eigenvalue weighted by Gasteiger charge is -2.33. The highest BCUT2D eigenvalue weighted by molar-refractivity contribution is 5.75. The standard InChI is InChI=1S/C20H26N8O2/c1-15-12-21-17(22-15)13-26(2)18(29)14-28-20(23-24-25-28)19(16-6-4-3-5-7-16)27-8-10-30-11-9-27/h3-7,12,19H,8-11,13-14H2,1-2H3,(H,21,22)/t19-/m0/s1. The van der Waals surface area contributed by atoms with E-state index in [-0.39, 0.29) is 18.5 Å². The predicted octanol–water partition coefficient (Wildman–Crippen LogP) is 0.785. The summed E-state index contributed by atoms with van der Waals surface area (Å²) in [5.74, 6) is 1.31. The largest absolute Gasteiger partial charge is 0.379 e. The van der Waals surface area contributed by atoms with Crippen LogP contribution in [-0.4, -0.2) is 79.2 Å². The van der Waals surface area contributed by atoms with Crippen LogP contribution in [-0.2, 0) is 22.6 Å². The topological polar surface area (TPSA) is 105 Å². The quantitative estimate of drug-likeness (QED) is 0.614. The fourth-order valence-electron chi connectivity index (χ4n) is 3.62. The third kappa shape index (κ3) is 4.55. The van der Waals surface area contributed by atoms with Gasteiger partial charge in [-0.2, -0.15) is 0 Å². The Kier molecular flexibility index (Phi) is 6.15. The Labute approximate surface area is 174 Å². The second-order valence-corrected chi connectivity index (χ2v) is 7.42. The molecule has 30 heavy (non-hydrogen) atoms. The van der Waals surface area contributed by atoms with E-state index in [0.29, 0.717) is 25.6 Å². The van der Waals surface area contributed by atoms with Gasteiger partial charge in [0, 0.05) is 32.0 Å². The Morgan fingerprint density at radius 1 is 1.27 bits per heavy atom. The minimum Gasteiger partial charge on any atom is -0.379 e. The van der Waals surface area contributed by atoms with Crippen LogP contribution >= 0.6 is 0 Å². The maximum Gasteiger partial charge on any atom is 0.244 e. The van der Waals surface area contributed by atoms with Crippen LogP contribution in [0.15, 0.2) is 36.5 Å². The number of hydrogen-bond donors (Lipinski definition) is 1. The van der Waals surface area contributed by atoms with Gasteiger partial charge in [-0.25, -0.2) is 9.67 Å². The second kappa shape index (κ2) is 9.14. The first-order valence-corrected chi connectivity index (χ1v) is 9.99. The normalized spacial score (nSPS) is 15.8. The molecular weight excluding hydrogens is 384 g/mol. The highest BCUT2D eigenvalue weighted by Gasteiger charge is 2.30. The molecule has 1 saturated heterocycles. The molecule has 1 aromatic carbocycles. The van der Waals surface area contributed by atoms with E-state index in [1.165, 1.54) is 0 Å². The van der Waals surface area contributed by atoms with Gasteiger partial charge in [-0.15, -0.1) is 5.10 Å². The zero-order valence-corrected chi connectivity index (χ0v) is 17.2. The number of carbonyl (C=O) groups is 1. The molecule has 2 aromatic heterocycles. The van der Waals surface area contributed by atoms with E-state index in [1.54, 1.807) is 22.8 Å². The highest BCUT2D eigenvalue weighted by Crippen LogP contribution is 2.27. The number of H-pyrrole nitrogens is 1. The van der Waals surface area contributed by atoms with Crippen LogP contribution in [0, 0.1) is 6.92 Å². The molecule has 1 aliphatic rings. The monoisotopic (exact) mass is 410 g/mol. The molecule has 1 atom stereocenters. The summed E-state index contributed by atoms with van der Waals surface area (Å²) >= 11 is 0. The Morgan fingerprint density at radius 3 is 2.73 bits per heavy atom. The molecule has 0 saturated carbocycles. The van der Waals surface area contributed by atoms with E-state index < -0.39 is 0 Å². The first kappa shape index (κ1) is 20.2. The van der Waals surface area contributed by atoms with E-state index >= 15 is 0 Å². The molecule has 1 N–H and O–H groups in total. The van der Waals surface area contributed by atoms with Crippen LogP contribution in [0.4, 0.5) is 0 Å². The number of morpholine rings is 1. The lowest BCUT2D eigenvalue weighted by Crippen LogP contribution is -2.41. The molecule has 3 aromatic rings. The van der Waals surface area contributed by atoms with Crippen molar-refractivity contribution in [2.24, 2.45) is 0 Å². The maximum absolute atomic E-state index is 12.8. The Bertz CT molecular complexity index is 964. The van der Waals surface area contributed by atoms with Crippen LogP contribution in [0.25, 0.3) is 0 Å². The van der Waals surface area contributed by atoms with E-state index in [0.717, 1.165) is 30.2 Å². The second-order valence-electron chi connectivity index (χ2n) is 7.42. The van der Waals surface area contributed by atoms with Gasteiger partial charge in [0.2, 0.25) is 5.91 Å². The number of aryl methyl sites for hydroxylation is 1. The van der Waals surface area contributed by atoms with Crippen LogP contribution < -0.4 is 0 Å². The third-order valence-corrected chi connectivity index (χ3v) is 5.18. The fraction of sp³-hybridized carbons (Fsp3) is 0.450. The van der Waals surface area contributed by atoms with Gasteiger partial charge in [-0.1, -0.05) is 30.3 Å². The number of rotatable bonds is 7. The number of nitrogens with zero attached hydrogens (tertiary/aromatic N) is 7. The van der Waals surface area contributed by atoms with Gasteiger partial charge in [0.1, 0.15) is 12.4 Å². The summed E-state index contributed by atoms with van der Waals surface area (Å²) in [7, 11) is 1.75. The number of amides is 1. The number of benzene rings is 1. The van der Waals surface area contributed by atoms with E-state index in [4.69, 9.17) is 4.74 Å². The third-order valence-electron chi connectivity index (χ3n) is 5.18. The van der Waals surface area contributed by atoms with E-state index in [2.05, 4.69) is 42.5 Å².